The Morgan fingerprint density at radius 1 is 1.08 bits per heavy atom. The van der Waals surface area contributed by atoms with Gasteiger partial charge in [0.15, 0.2) is 0 Å². The number of methoxy groups -OCH3 is 1. The predicted molar refractivity (Wildman–Crippen MR) is 99.6 cm³/mol. The van der Waals surface area contributed by atoms with Crippen LogP contribution in [0.2, 0.25) is 0 Å². The van der Waals surface area contributed by atoms with Crippen LogP contribution in [0.3, 0.4) is 0 Å². The highest BCUT2D eigenvalue weighted by atomic mass is 16.5. The molecule has 1 aromatic rings. The largest absolute Gasteiger partial charge is 0.497 e. The van der Waals surface area contributed by atoms with Gasteiger partial charge in [0, 0.05) is 11.7 Å². The number of carbonyl (C=O) groups excluding carboxylic acids is 2. The van der Waals surface area contributed by atoms with Crippen molar-refractivity contribution in [2.45, 2.75) is 58.9 Å². The Morgan fingerprint density at radius 3 is 2.20 bits per heavy atom. The summed E-state index contributed by atoms with van der Waals surface area (Å²) >= 11 is 0. The minimum Gasteiger partial charge on any atom is -0.497 e. The zero-order valence-electron chi connectivity index (χ0n) is 15.7. The molecule has 138 valence electrons. The zero-order chi connectivity index (χ0) is 18.4. The van der Waals surface area contributed by atoms with Gasteiger partial charge < -0.3 is 15.4 Å². The van der Waals surface area contributed by atoms with Crippen LogP contribution in [-0.4, -0.2) is 25.0 Å². The van der Waals surface area contributed by atoms with Gasteiger partial charge in [-0.05, 0) is 61.3 Å². The summed E-state index contributed by atoms with van der Waals surface area (Å²) < 4.78 is 5.07. The van der Waals surface area contributed by atoms with Crippen LogP contribution in [0.1, 0.15) is 52.9 Å². The molecule has 0 unspecified atom stereocenters. The Labute approximate surface area is 150 Å². The first kappa shape index (κ1) is 19.3. The molecule has 0 spiro atoms. The van der Waals surface area contributed by atoms with E-state index in [-0.39, 0.29) is 6.04 Å². The van der Waals surface area contributed by atoms with Crippen molar-refractivity contribution in [1.82, 2.24) is 5.32 Å². The highest BCUT2D eigenvalue weighted by molar-refractivity contribution is 6.39. The van der Waals surface area contributed by atoms with Crippen molar-refractivity contribution in [3.05, 3.63) is 24.3 Å². The SMILES string of the molecule is CCC(C)(C)C1CCC(NC(=O)C(=O)Nc2ccc(OC)cc2)CC1. The van der Waals surface area contributed by atoms with Crippen LogP contribution >= 0.6 is 0 Å². The number of amides is 2. The van der Waals surface area contributed by atoms with E-state index in [2.05, 4.69) is 31.4 Å². The van der Waals surface area contributed by atoms with Crippen LogP contribution in [0, 0.1) is 11.3 Å². The quantitative estimate of drug-likeness (QED) is 0.798. The molecule has 1 aliphatic rings. The van der Waals surface area contributed by atoms with E-state index in [1.165, 1.54) is 6.42 Å². The van der Waals surface area contributed by atoms with Crippen molar-refractivity contribution < 1.29 is 14.3 Å². The van der Waals surface area contributed by atoms with E-state index in [0.29, 0.717) is 22.8 Å². The Morgan fingerprint density at radius 2 is 1.68 bits per heavy atom. The maximum absolute atomic E-state index is 12.1. The number of carbonyl (C=O) groups is 2. The van der Waals surface area contributed by atoms with E-state index >= 15 is 0 Å². The molecule has 0 aromatic heterocycles. The molecule has 0 heterocycles. The summed E-state index contributed by atoms with van der Waals surface area (Å²) in [4.78, 5) is 24.2. The molecule has 0 saturated heterocycles. The number of benzene rings is 1. The molecule has 2 amide bonds. The third kappa shape index (κ3) is 5.21. The molecule has 2 N–H and O–H groups in total. The second-order valence-corrected chi connectivity index (χ2v) is 7.55. The fourth-order valence-electron chi connectivity index (χ4n) is 3.42. The first-order valence-electron chi connectivity index (χ1n) is 9.11. The summed E-state index contributed by atoms with van der Waals surface area (Å²) in [5, 5.41) is 5.49. The maximum atomic E-state index is 12.1. The monoisotopic (exact) mass is 346 g/mol. The summed E-state index contributed by atoms with van der Waals surface area (Å²) in [6, 6.07) is 7.00. The number of ether oxygens (including phenoxy) is 1. The molecular weight excluding hydrogens is 316 g/mol. The molecule has 1 aliphatic carbocycles. The lowest BCUT2D eigenvalue weighted by Crippen LogP contribution is -2.44. The molecule has 5 heteroatoms. The van der Waals surface area contributed by atoms with Gasteiger partial charge in [0.2, 0.25) is 0 Å². The molecule has 1 saturated carbocycles. The van der Waals surface area contributed by atoms with Crippen molar-refractivity contribution >= 4 is 17.5 Å². The lowest BCUT2D eigenvalue weighted by Gasteiger charge is -2.39. The fraction of sp³-hybridized carbons (Fsp3) is 0.600. The van der Waals surface area contributed by atoms with E-state index in [1.54, 1.807) is 31.4 Å². The van der Waals surface area contributed by atoms with Crippen molar-refractivity contribution in [3.63, 3.8) is 0 Å². The lowest BCUT2D eigenvalue weighted by molar-refractivity contribution is -0.136. The van der Waals surface area contributed by atoms with E-state index in [4.69, 9.17) is 4.74 Å². The second kappa shape index (κ2) is 8.37. The molecular formula is C20H30N2O3. The summed E-state index contributed by atoms with van der Waals surface area (Å²) in [6.07, 6.45) is 5.25. The van der Waals surface area contributed by atoms with Crippen LogP contribution in [0.5, 0.6) is 5.75 Å². The van der Waals surface area contributed by atoms with Crippen LogP contribution in [0.15, 0.2) is 24.3 Å². The van der Waals surface area contributed by atoms with Gasteiger partial charge in [0.1, 0.15) is 5.75 Å². The van der Waals surface area contributed by atoms with Crippen molar-refractivity contribution in [2.75, 3.05) is 12.4 Å². The van der Waals surface area contributed by atoms with Gasteiger partial charge in [-0.15, -0.1) is 0 Å². The van der Waals surface area contributed by atoms with E-state index in [1.807, 2.05) is 0 Å². The molecule has 1 fully saturated rings. The average molecular weight is 346 g/mol. The van der Waals surface area contributed by atoms with E-state index in [0.717, 1.165) is 25.7 Å². The standard InChI is InChI=1S/C20H30N2O3/c1-5-20(2,3)14-6-8-15(9-7-14)21-18(23)19(24)22-16-10-12-17(25-4)13-11-16/h10-15H,5-9H2,1-4H3,(H,21,23)(H,22,24). The highest BCUT2D eigenvalue weighted by Crippen LogP contribution is 2.40. The van der Waals surface area contributed by atoms with Gasteiger partial charge in [-0.2, -0.15) is 0 Å². The number of nitrogens with one attached hydrogen (secondary N) is 2. The molecule has 0 bridgehead atoms. The van der Waals surface area contributed by atoms with Crippen LogP contribution in [0.4, 0.5) is 5.69 Å². The number of hydrogen-bond acceptors (Lipinski definition) is 3. The molecule has 1 aromatic carbocycles. The highest BCUT2D eigenvalue weighted by Gasteiger charge is 2.32. The summed E-state index contributed by atoms with van der Waals surface area (Å²) in [7, 11) is 1.58. The Balaban J connectivity index is 1.80. The average Bonchev–Trinajstić information content (AvgIpc) is 2.62. The lowest BCUT2D eigenvalue weighted by atomic mass is 9.69. The van der Waals surface area contributed by atoms with E-state index < -0.39 is 11.8 Å². The minimum absolute atomic E-state index is 0.0954. The molecule has 2 rings (SSSR count). The summed E-state index contributed by atoms with van der Waals surface area (Å²) in [5.41, 5.74) is 0.926. The summed E-state index contributed by atoms with van der Waals surface area (Å²) in [6.45, 7) is 6.87. The van der Waals surface area contributed by atoms with Gasteiger partial charge in [-0.1, -0.05) is 27.2 Å². The first-order chi connectivity index (χ1) is 11.9. The molecule has 0 radical (unpaired) electrons. The van der Waals surface area contributed by atoms with Crippen LogP contribution in [-0.2, 0) is 9.59 Å². The smallest absolute Gasteiger partial charge is 0.313 e. The minimum atomic E-state index is -0.624. The van der Waals surface area contributed by atoms with Crippen molar-refractivity contribution in [1.29, 1.82) is 0 Å². The molecule has 0 aliphatic heterocycles. The maximum Gasteiger partial charge on any atom is 0.313 e. The van der Waals surface area contributed by atoms with Gasteiger partial charge >= 0.3 is 11.8 Å². The predicted octanol–water partition coefficient (Wildman–Crippen LogP) is 3.74. The number of anilines is 1. The van der Waals surface area contributed by atoms with Crippen molar-refractivity contribution in [3.8, 4) is 5.75 Å². The van der Waals surface area contributed by atoms with Gasteiger partial charge in [0.25, 0.3) is 0 Å². The van der Waals surface area contributed by atoms with Crippen LogP contribution in [0.25, 0.3) is 0 Å². The van der Waals surface area contributed by atoms with Crippen LogP contribution < -0.4 is 15.4 Å². The summed E-state index contributed by atoms with van der Waals surface area (Å²) in [5.74, 6) is 0.211. The number of rotatable bonds is 5. The molecule has 5 nitrogen and oxygen atoms in total. The molecule has 0 atom stereocenters. The normalized spacial score (nSPS) is 20.6. The third-order valence-electron chi connectivity index (χ3n) is 5.63. The molecule has 25 heavy (non-hydrogen) atoms. The topological polar surface area (TPSA) is 67.4 Å². The van der Waals surface area contributed by atoms with Crippen molar-refractivity contribution in [2.24, 2.45) is 11.3 Å². The van der Waals surface area contributed by atoms with Gasteiger partial charge in [-0.3, -0.25) is 9.59 Å². The Hall–Kier alpha value is -2.04. The van der Waals surface area contributed by atoms with E-state index in [9.17, 15) is 9.59 Å². The van der Waals surface area contributed by atoms with Gasteiger partial charge in [-0.25, -0.2) is 0 Å². The fourth-order valence-corrected chi connectivity index (χ4v) is 3.42. The number of hydrogen-bond donors (Lipinski definition) is 2. The zero-order valence-corrected chi connectivity index (χ0v) is 15.7. The first-order valence-corrected chi connectivity index (χ1v) is 9.11. The Kier molecular flexibility index (Phi) is 6.45. The Bertz CT molecular complexity index is 587. The third-order valence-corrected chi connectivity index (χ3v) is 5.63. The second-order valence-electron chi connectivity index (χ2n) is 7.55. The van der Waals surface area contributed by atoms with Gasteiger partial charge in [0.05, 0.1) is 7.11 Å².